The summed E-state index contributed by atoms with van der Waals surface area (Å²) in [6.45, 7) is 0.224. The van der Waals surface area contributed by atoms with Gasteiger partial charge in [-0.25, -0.2) is 13.1 Å². The van der Waals surface area contributed by atoms with Crippen LogP contribution in [0.5, 0.6) is 0 Å². The zero-order valence-corrected chi connectivity index (χ0v) is 16.7. The predicted molar refractivity (Wildman–Crippen MR) is 107 cm³/mol. The number of nitrogens with one attached hydrogen (secondary N) is 2. The van der Waals surface area contributed by atoms with Crippen LogP contribution >= 0.6 is 11.3 Å². The van der Waals surface area contributed by atoms with Crippen LogP contribution in [0.15, 0.2) is 63.4 Å². The molecule has 2 aromatic heterocycles. The predicted octanol–water partition coefficient (Wildman–Crippen LogP) is 3.63. The molecule has 0 aliphatic heterocycles. The molecule has 1 unspecified atom stereocenters. The molecule has 2 heterocycles. The van der Waals surface area contributed by atoms with Gasteiger partial charge in [-0.2, -0.15) is 0 Å². The maximum atomic E-state index is 12.7. The summed E-state index contributed by atoms with van der Waals surface area (Å²) < 4.78 is 33.2. The third-order valence-corrected chi connectivity index (χ3v) is 7.06. The topological polar surface area (TPSA) is 88.4 Å². The second-order valence-corrected chi connectivity index (χ2v) is 9.45. The van der Waals surface area contributed by atoms with E-state index in [1.54, 1.807) is 18.4 Å². The maximum absolute atomic E-state index is 12.7. The molecule has 1 atom stereocenters. The Morgan fingerprint density at radius 1 is 1.21 bits per heavy atom. The highest BCUT2D eigenvalue weighted by Crippen LogP contribution is 2.30. The second kappa shape index (κ2) is 7.90. The fraction of sp³-hybridized carbons (Fsp3) is 0.250. The van der Waals surface area contributed by atoms with Gasteiger partial charge >= 0.3 is 0 Å². The lowest BCUT2D eigenvalue weighted by atomic mass is 9.93. The van der Waals surface area contributed by atoms with Crippen LogP contribution in [-0.4, -0.2) is 14.3 Å². The number of benzene rings is 1. The Balaban J connectivity index is 1.48. The van der Waals surface area contributed by atoms with Crippen molar-refractivity contribution in [1.29, 1.82) is 0 Å². The van der Waals surface area contributed by atoms with Crippen LogP contribution in [0, 0.1) is 0 Å². The van der Waals surface area contributed by atoms with E-state index in [2.05, 4.69) is 10.0 Å². The second-order valence-electron chi connectivity index (χ2n) is 6.65. The van der Waals surface area contributed by atoms with Gasteiger partial charge in [0.15, 0.2) is 0 Å². The molecule has 0 bridgehead atoms. The van der Waals surface area contributed by atoms with Gasteiger partial charge in [0.05, 0.1) is 17.2 Å². The number of thiophene rings is 1. The van der Waals surface area contributed by atoms with Crippen LogP contribution in [0.4, 0.5) is 0 Å². The van der Waals surface area contributed by atoms with E-state index in [1.165, 1.54) is 23.5 Å². The first-order chi connectivity index (χ1) is 13.5. The highest BCUT2D eigenvalue weighted by atomic mass is 32.2. The molecule has 1 aromatic carbocycles. The number of fused-ring (bicyclic) bond motifs is 1. The summed E-state index contributed by atoms with van der Waals surface area (Å²) in [4.78, 5) is 13.7. The number of aryl methyl sites for hydroxylation is 1. The Hall–Kier alpha value is -2.42. The monoisotopic (exact) mass is 416 g/mol. The molecule has 2 N–H and O–H groups in total. The fourth-order valence-corrected chi connectivity index (χ4v) is 5.13. The molecule has 0 spiro atoms. The summed E-state index contributed by atoms with van der Waals surface area (Å²) in [6, 6.07) is 11.6. The minimum atomic E-state index is -3.70. The fourth-order valence-electron chi connectivity index (χ4n) is 3.35. The highest BCUT2D eigenvalue weighted by molar-refractivity contribution is 7.89. The molecule has 3 aromatic rings. The zero-order chi connectivity index (χ0) is 19.6. The van der Waals surface area contributed by atoms with Gasteiger partial charge in [0.2, 0.25) is 10.0 Å². The largest absolute Gasteiger partial charge is 0.469 e. The highest BCUT2D eigenvalue weighted by Gasteiger charge is 2.25. The SMILES string of the molecule is O=C(NC1CCCc2occc21)c1cccc(S(=O)(=O)NCc2cccs2)c1. The molecule has 8 heteroatoms. The van der Waals surface area contributed by atoms with Crippen molar-refractivity contribution in [1.82, 2.24) is 10.0 Å². The van der Waals surface area contributed by atoms with Gasteiger partial charge in [0.1, 0.15) is 5.76 Å². The van der Waals surface area contributed by atoms with E-state index in [0.717, 1.165) is 35.5 Å². The zero-order valence-electron chi connectivity index (χ0n) is 15.1. The van der Waals surface area contributed by atoms with Crippen molar-refractivity contribution in [3.05, 3.63) is 75.9 Å². The van der Waals surface area contributed by atoms with Crippen molar-refractivity contribution in [3.63, 3.8) is 0 Å². The maximum Gasteiger partial charge on any atom is 0.251 e. The van der Waals surface area contributed by atoms with Gasteiger partial charge in [0, 0.05) is 29.0 Å². The van der Waals surface area contributed by atoms with Gasteiger partial charge in [-0.15, -0.1) is 11.3 Å². The number of rotatable bonds is 6. The van der Waals surface area contributed by atoms with Crippen molar-refractivity contribution in [2.24, 2.45) is 0 Å². The first-order valence-electron chi connectivity index (χ1n) is 9.02. The first-order valence-corrected chi connectivity index (χ1v) is 11.4. The number of hydrogen-bond acceptors (Lipinski definition) is 5. The Morgan fingerprint density at radius 2 is 2.11 bits per heavy atom. The van der Waals surface area contributed by atoms with Gasteiger partial charge in [0.25, 0.3) is 5.91 Å². The Bertz CT molecular complexity index is 1070. The summed E-state index contributed by atoms with van der Waals surface area (Å²) in [7, 11) is -3.70. The van der Waals surface area contributed by atoms with Crippen molar-refractivity contribution in [3.8, 4) is 0 Å². The average molecular weight is 417 g/mol. The first kappa shape index (κ1) is 18.9. The van der Waals surface area contributed by atoms with Gasteiger partial charge in [-0.1, -0.05) is 12.1 Å². The van der Waals surface area contributed by atoms with E-state index in [1.807, 2.05) is 23.6 Å². The quantitative estimate of drug-likeness (QED) is 0.642. The molecule has 146 valence electrons. The number of carbonyl (C=O) groups excluding carboxylic acids is 1. The third kappa shape index (κ3) is 4.04. The van der Waals surface area contributed by atoms with Crippen LogP contribution in [0.3, 0.4) is 0 Å². The third-order valence-electron chi connectivity index (χ3n) is 4.78. The summed E-state index contributed by atoms with van der Waals surface area (Å²) in [5, 5.41) is 4.89. The molecule has 1 amide bonds. The lowest BCUT2D eigenvalue weighted by Gasteiger charge is -2.22. The van der Waals surface area contributed by atoms with Crippen molar-refractivity contribution in [2.45, 2.75) is 36.7 Å². The van der Waals surface area contributed by atoms with Crippen LogP contribution in [-0.2, 0) is 23.0 Å². The molecular formula is C20H20N2O4S2. The molecule has 6 nitrogen and oxygen atoms in total. The van der Waals surface area contributed by atoms with Crippen molar-refractivity contribution in [2.75, 3.05) is 0 Å². The Morgan fingerprint density at radius 3 is 2.93 bits per heavy atom. The molecule has 0 saturated carbocycles. The normalized spacial score (nSPS) is 16.5. The van der Waals surface area contributed by atoms with Crippen LogP contribution in [0.1, 0.15) is 45.4 Å². The van der Waals surface area contributed by atoms with Gasteiger partial charge < -0.3 is 9.73 Å². The smallest absolute Gasteiger partial charge is 0.251 e. The number of furan rings is 1. The number of carbonyl (C=O) groups is 1. The van der Waals surface area contributed by atoms with E-state index in [9.17, 15) is 13.2 Å². The molecule has 1 aliphatic rings. The molecule has 28 heavy (non-hydrogen) atoms. The summed E-state index contributed by atoms with van der Waals surface area (Å²) >= 11 is 1.48. The van der Waals surface area contributed by atoms with Gasteiger partial charge in [-0.05, 0) is 48.6 Å². The number of hydrogen-bond donors (Lipinski definition) is 2. The van der Waals surface area contributed by atoms with E-state index >= 15 is 0 Å². The van der Waals surface area contributed by atoms with E-state index in [0.29, 0.717) is 5.56 Å². The lowest BCUT2D eigenvalue weighted by Crippen LogP contribution is -2.30. The summed E-state index contributed by atoms with van der Waals surface area (Å²) in [5.74, 6) is 0.611. The van der Waals surface area contributed by atoms with Crippen molar-refractivity contribution < 1.29 is 17.6 Å². The van der Waals surface area contributed by atoms with Gasteiger partial charge in [-0.3, -0.25) is 4.79 Å². The van der Waals surface area contributed by atoms with Crippen LogP contribution < -0.4 is 10.0 Å². The average Bonchev–Trinajstić information content (AvgIpc) is 3.39. The standard InChI is InChI=1S/C20H20N2O4S2/c23-20(22-18-7-2-8-19-17(18)9-10-26-19)14-4-1-6-16(12-14)28(24,25)21-13-15-5-3-11-27-15/h1,3-6,9-12,18,21H,2,7-8,13H2,(H,22,23). The molecule has 0 fully saturated rings. The van der Waals surface area contributed by atoms with E-state index in [4.69, 9.17) is 4.42 Å². The number of amides is 1. The van der Waals surface area contributed by atoms with E-state index in [-0.39, 0.29) is 23.4 Å². The lowest BCUT2D eigenvalue weighted by molar-refractivity contribution is 0.0932. The molecular weight excluding hydrogens is 396 g/mol. The molecule has 0 saturated heterocycles. The molecule has 1 aliphatic carbocycles. The summed E-state index contributed by atoms with van der Waals surface area (Å²) in [6.07, 6.45) is 4.28. The molecule has 0 radical (unpaired) electrons. The Kier molecular flexibility index (Phi) is 5.34. The van der Waals surface area contributed by atoms with E-state index < -0.39 is 10.0 Å². The minimum absolute atomic E-state index is 0.0735. The minimum Gasteiger partial charge on any atom is -0.469 e. The van der Waals surface area contributed by atoms with Crippen molar-refractivity contribution >= 4 is 27.3 Å². The van der Waals surface area contributed by atoms with Crippen LogP contribution in [0.2, 0.25) is 0 Å². The van der Waals surface area contributed by atoms with Crippen LogP contribution in [0.25, 0.3) is 0 Å². The Labute approximate surface area is 167 Å². The molecule has 4 rings (SSSR count). The number of sulfonamides is 1. The summed E-state index contributed by atoms with van der Waals surface area (Å²) in [5.41, 5.74) is 1.32.